The van der Waals surface area contributed by atoms with E-state index < -0.39 is 11.8 Å². The number of aliphatic carboxylic acids is 1. The average Bonchev–Trinajstić information content (AvgIpc) is 3.62. The van der Waals surface area contributed by atoms with E-state index in [0.29, 0.717) is 48.5 Å². The molecule has 1 aromatic carbocycles. The summed E-state index contributed by atoms with van der Waals surface area (Å²) in [4.78, 5) is 23.2. The van der Waals surface area contributed by atoms with Gasteiger partial charge in [0.2, 0.25) is 5.88 Å². The highest BCUT2D eigenvalue weighted by molar-refractivity contribution is 6.30. The number of pyridine rings is 1. The number of methoxy groups -OCH3 is 1. The van der Waals surface area contributed by atoms with Crippen molar-refractivity contribution in [1.82, 2.24) is 19.4 Å². The zero-order chi connectivity index (χ0) is 26.6. The van der Waals surface area contributed by atoms with Crippen LogP contribution in [-0.4, -0.2) is 57.3 Å². The van der Waals surface area contributed by atoms with Crippen molar-refractivity contribution < 1.29 is 23.8 Å². The van der Waals surface area contributed by atoms with Gasteiger partial charge in [0.05, 0.1) is 19.1 Å². The number of likely N-dealkylation sites (tertiary alicyclic amines) is 1. The molecule has 1 saturated heterocycles. The van der Waals surface area contributed by atoms with Crippen molar-refractivity contribution >= 4 is 17.6 Å². The van der Waals surface area contributed by atoms with Gasteiger partial charge >= 0.3 is 5.97 Å². The van der Waals surface area contributed by atoms with Crippen LogP contribution in [0.1, 0.15) is 53.9 Å². The molecule has 10 heteroatoms. The summed E-state index contributed by atoms with van der Waals surface area (Å²) in [7, 11) is 1.67. The number of piperidine rings is 1. The number of imidazole rings is 1. The van der Waals surface area contributed by atoms with Gasteiger partial charge in [0, 0.05) is 59.7 Å². The molecule has 1 saturated carbocycles. The number of carboxylic acid groups (broad SMARTS) is 1. The van der Waals surface area contributed by atoms with Crippen LogP contribution < -0.4 is 4.74 Å². The molecular formula is C28H32ClFN4O4. The highest BCUT2D eigenvalue weighted by Gasteiger charge is 2.46. The molecule has 2 fully saturated rings. The first kappa shape index (κ1) is 26.6. The maximum Gasteiger partial charge on any atom is 0.307 e. The minimum absolute atomic E-state index is 0.0353. The van der Waals surface area contributed by atoms with E-state index in [1.165, 1.54) is 6.07 Å². The second-order valence-corrected chi connectivity index (χ2v) is 10.4. The number of carbonyl (C=O) groups is 1. The summed E-state index contributed by atoms with van der Waals surface area (Å²) < 4.78 is 27.3. The standard InChI is InChI=1S/C28H32ClFN4O4/c1-37-12-11-34-25(21-14-22(21)28(35)36)15-31-26(34)16-33-9-7-18(8-10-33)24-3-2-4-27(32-24)38-17-19-5-6-20(29)13-23(19)30/h2-6,13,15,18,21-22H,7-12,14,16-17H2,1H3,(H,35,36). The molecule has 3 aromatic rings. The van der Waals surface area contributed by atoms with Crippen molar-refractivity contribution in [2.75, 3.05) is 26.8 Å². The van der Waals surface area contributed by atoms with E-state index in [1.807, 2.05) is 18.3 Å². The first-order chi connectivity index (χ1) is 18.4. The Morgan fingerprint density at radius 3 is 2.76 bits per heavy atom. The molecule has 1 aliphatic heterocycles. The Labute approximate surface area is 226 Å². The van der Waals surface area contributed by atoms with Gasteiger partial charge in [-0.1, -0.05) is 23.7 Å². The van der Waals surface area contributed by atoms with Crippen LogP contribution in [0.2, 0.25) is 5.02 Å². The third-order valence-corrected chi connectivity index (χ3v) is 7.72. The minimum Gasteiger partial charge on any atom is -0.481 e. The molecule has 202 valence electrons. The van der Waals surface area contributed by atoms with Crippen molar-refractivity contribution in [2.45, 2.75) is 50.8 Å². The molecule has 0 spiro atoms. The Hall–Kier alpha value is -3.01. The summed E-state index contributed by atoms with van der Waals surface area (Å²) in [5.74, 6) is 0.338. The number of nitrogens with zero attached hydrogens (tertiary/aromatic N) is 4. The highest BCUT2D eigenvalue weighted by Crippen LogP contribution is 2.47. The van der Waals surface area contributed by atoms with Gasteiger partial charge < -0.3 is 19.1 Å². The smallest absolute Gasteiger partial charge is 0.307 e. The lowest BCUT2D eigenvalue weighted by Gasteiger charge is -2.31. The molecule has 0 amide bonds. The number of benzene rings is 1. The number of aromatic nitrogens is 3. The summed E-state index contributed by atoms with van der Waals surface area (Å²) in [6, 6.07) is 10.3. The van der Waals surface area contributed by atoms with Crippen LogP contribution in [-0.2, 0) is 29.2 Å². The lowest BCUT2D eigenvalue weighted by atomic mass is 9.93. The summed E-state index contributed by atoms with van der Waals surface area (Å²) >= 11 is 5.83. The van der Waals surface area contributed by atoms with Crippen molar-refractivity contribution in [3.63, 3.8) is 0 Å². The Bertz CT molecular complexity index is 1280. The zero-order valence-electron chi connectivity index (χ0n) is 21.4. The summed E-state index contributed by atoms with van der Waals surface area (Å²) in [5, 5.41) is 9.72. The number of hydrogen-bond acceptors (Lipinski definition) is 6. The Balaban J connectivity index is 1.17. The molecule has 0 bridgehead atoms. The third kappa shape index (κ3) is 6.17. The molecule has 2 atom stereocenters. The van der Waals surface area contributed by atoms with Gasteiger partial charge in [-0.05, 0) is 50.6 Å². The number of halogens is 2. The van der Waals surface area contributed by atoms with Gasteiger partial charge in [-0.3, -0.25) is 9.69 Å². The van der Waals surface area contributed by atoms with E-state index in [-0.39, 0.29) is 18.4 Å². The van der Waals surface area contributed by atoms with E-state index in [0.717, 1.165) is 43.1 Å². The molecule has 5 rings (SSSR count). The van der Waals surface area contributed by atoms with E-state index in [2.05, 4.69) is 14.5 Å². The van der Waals surface area contributed by atoms with Gasteiger partial charge in [-0.2, -0.15) is 0 Å². The van der Waals surface area contributed by atoms with Crippen LogP contribution in [0.5, 0.6) is 5.88 Å². The van der Waals surface area contributed by atoms with E-state index >= 15 is 0 Å². The predicted octanol–water partition coefficient (Wildman–Crippen LogP) is 4.86. The predicted molar refractivity (Wildman–Crippen MR) is 140 cm³/mol. The minimum atomic E-state index is -0.738. The Kier molecular flexibility index (Phi) is 8.26. The molecule has 0 radical (unpaired) electrons. The van der Waals surface area contributed by atoms with Gasteiger partial charge in [-0.15, -0.1) is 0 Å². The van der Waals surface area contributed by atoms with E-state index in [1.54, 1.807) is 25.3 Å². The number of hydrogen-bond donors (Lipinski definition) is 1. The normalized spacial score (nSPS) is 20.0. The molecule has 38 heavy (non-hydrogen) atoms. The maximum absolute atomic E-state index is 14.1. The van der Waals surface area contributed by atoms with Crippen LogP contribution >= 0.6 is 11.6 Å². The maximum atomic E-state index is 14.1. The van der Waals surface area contributed by atoms with Crippen LogP contribution in [0, 0.1) is 11.7 Å². The monoisotopic (exact) mass is 542 g/mol. The van der Waals surface area contributed by atoms with E-state index in [9.17, 15) is 14.3 Å². The fourth-order valence-electron chi connectivity index (χ4n) is 5.20. The molecule has 3 heterocycles. The van der Waals surface area contributed by atoms with Crippen LogP contribution in [0.25, 0.3) is 0 Å². The van der Waals surface area contributed by atoms with Gasteiger partial charge in [0.15, 0.2) is 0 Å². The van der Waals surface area contributed by atoms with Crippen LogP contribution in [0.3, 0.4) is 0 Å². The van der Waals surface area contributed by atoms with E-state index in [4.69, 9.17) is 26.1 Å². The average molecular weight is 543 g/mol. The first-order valence-electron chi connectivity index (χ1n) is 12.9. The lowest BCUT2D eigenvalue weighted by molar-refractivity contribution is -0.138. The summed E-state index contributed by atoms with van der Waals surface area (Å²) in [6.07, 6.45) is 4.43. The summed E-state index contributed by atoms with van der Waals surface area (Å²) in [6.45, 7) is 3.82. The van der Waals surface area contributed by atoms with Crippen molar-refractivity contribution in [3.05, 3.63) is 76.2 Å². The van der Waals surface area contributed by atoms with Crippen molar-refractivity contribution in [2.24, 2.45) is 5.92 Å². The second kappa shape index (κ2) is 11.8. The Morgan fingerprint density at radius 1 is 1.24 bits per heavy atom. The molecule has 1 aliphatic carbocycles. The van der Waals surface area contributed by atoms with Gasteiger partial charge in [0.25, 0.3) is 0 Å². The van der Waals surface area contributed by atoms with Crippen molar-refractivity contribution in [3.8, 4) is 5.88 Å². The fraction of sp³-hybridized carbons (Fsp3) is 0.464. The Morgan fingerprint density at radius 2 is 2.05 bits per heavy atom. The SMILES string of the molecule is COCCn1c(C2CC2C(=O)O)cnc1CN1CCC(c2cccc(OCc3ccc(Cl)cc3F)n2)CC1. The molecule has 8 nitrogen and oxygen atoms in total. The largest absolute Gasteiger partial charge is 0.481 e. The van der Waals surface area contributed by atoms with Crippen molar-refractivity contribution in [1.29, 1.82) is 0 Å². The second-order valence-electron chi connectivity index (χ2n) is 10.0. The zero-order valence-corrected chi connectivity index (χ0v) is 22.1. The molecule has 1 N–H and O–H groups in total. The molecule has 2 aliphatic rings. The highest BCUT2D eigenvalue weighted by atomic mass is 35.5. The molecule has 2 aromatic heterocycles. The molecule has 2 unspecified atom stereocenters. The van der Waals surface area contributed by atoms with Crippen LogP contribution in [0.4, 0.5) is 4.39 Å². The number of carboxylic acids is 1. The topological polar surface area (TPSA) is 89.7 Å². The first-order valence-corrected chi connectivity index (χ1v) is 13.3. The number of rotatable bonds is 11. The summed E-state index contributed by atoms with van der Waals surface area (Å²) in [5.41, 5.74) is 2.41. The number of ether oxygens (including phenoxy) is 2. The third-order valence-electron chi connectivity index (χ3n) is 7.48. The quantitative estimate of drug-likeness (QED) is 0.370. The van der Waals surface area contributed by atoms with Gasteiger partial charge in [-0.25, -0.2) is 14.4 Å². The van der Waals surface area contributed by atoms with Gasteiger partial charge in [0.1, 0.15) is 18.2 Å². The molecular weight excluding hydrogens is 511 g/mol. The van der Waals surface area contributed by atoms with Crippen LogP contribution in [0.15, 0.2) is 42.6 Å². The lowest BCUT2D eigenvalue weighted by Crippen LogP contribution is -2.34. The fourth-order valence-corrected chi connectivity index (χ4v) is 5.36.